The van der Waals surface area contributed by atoms with Crippen LogP contribution < -0.4 is 0 Å². The smallest absolute Gasteiger partial charge is 0.195 e. The number of aromatic hydroxyl groups is 1. The van der Waals surface area contributed by atoms with Gasteiger partial charge in [0.2, 0.25) is 0 Å². The standard InChI is InChI=1S/C14H11ClN4OS/c1-8-6-21-13-12(8)16-7-17-14(13)19-18-5-9-2-3-11(20)10(15)4-9/h2-4,6-7,20H,5H2,1H3. The molecule has 106 valence electrons. The van der Waals surface area contributed by atoms with Crippen molar-refractivity contribution in [1.82, 2.24) is 9.97 Å². The Balaban J connectivity index is 1.83. The van der Waals surface area contributed by atoms with E-state index >= 15 is 0 Å². The summed E-state index contributed by atoms with van der Waals surface area (Å²) in [6.45, 7) is 2.38. The zero-order chi connectivity index (χ0) is 14.8. The summed E-state index contributed by atoms with van der Waals surface area (Å²) in [5.41, 5.74) is 2.89. The fourth-order valence-corrected chi connectivity index (χ4v) is 2.99. The summed E-state index contributed by atoms with van der Waals surface area (Å²) < 4.78 is 0.933. The Hall–Kier alpha value is -2.05. The number of phenols is 1. The average molecular weight is 319 g/mol. The van der Waals surface area contributed by atoms with E-state index in [4.69, 9.17) is 11.6 Å². The number of benzene rings is 1. The second-order valence-corrected chi connectivity index (χ2v) is 5.77. The lowest BCUT2D eigenvalue weighted by Gasteiger charge is -1.99. The molecule has 0 aliphatic rings. The second kappa shape index (κ2) is 5.75. The maximum atomic E-state index is 9.37. The van der Waals surface area contributed by atoms with Gasteiger partial charge in [-0.15, -0.1) is 16.5 Å². The van der Waals surface area contributed by atoms with Crippen molar-refractivity contribution in [1.29, 1.82) is 0 Å². The van der Waals surface area contributed by atoms with Crippen molar-refractivity contribution < 1.29 is 5.11 Å². The van der Waals surface area contributed by atoms with Crippen molar-refractivity contribution in [2.75, 3.05) is 0 Å². The first-order valence-electron chi connectivity index (χ1n) is 6.19. The molecule has 0 amide bonds. The highest BCUT2D eigenvalue weighted by atomic mass is 35.5. The Morgan fingerprint density at radius 1 is 1.33 bits per heavy atom. The number of aromatic nitrogens is 2. The van der Waals surface area contributed by atoms with Gasteiger partial charge in [0, 0.05) is 0 Å². The van der Waals surface area contributed by atoms with Gasteiger partial charge in [0.15, 0.2) is 5.82 Å². The number of hydrogen-bond acceptors (Lipinski definition) is 6. The summed E-state index contributed by atoms with van der Waals surface area (Å²) in [6, 6.07) is 4.96. The molecule has 3 aromatic rings. The van der Waals surface area contributed by atoms with Crippen LogP contribution in [0.15, 0.2) is 40.1 Å². The summed E-state index contributed by atoms with van der Waals surface area (Å²) in [5, 5.41) is 20.0. The summed E-state index contributed by atoms with van der Waals surface area (Å²) in [6.07, 6.45) is 1.49. The van der Waals surface area contributed by atoms with Crippen LogP contribution in [0.25, 0.3) is 10.2 Å². The highest BCUT2D eigenvalue weighted by Crippen LogP contribution is 2.30. The molecule has 5 nitrogen and oxygen atoms in total. The van der Waals surface area contributed by atoms with Crippen LogP contribution in [0.3, 0.4) is 0 Å². The topological polar surface area (TPSA) is 70.7 Å². The third-order valence-corrected chi connectivity index (χ3v) is 4.33. The first-order chi connectivity index (χ1) is 10.1. The molecular formula is C14H11ClN4OS. The van der Waals surface area contributed by atoms with Gasteiger partial charge < -0.3 is 5.11 Å². The van der Waals surface area contributed by atoms with Crippen LogP contribution in [0.2, 0.25) is 5.02 Å². The molecule has 0 atom stereocenters. The fourth-order valence-electron chi connectivity index (χ4n) is 1.86. The average Bonchev–Trinajstić information content (AvgIpc) is 2.86. The molecule has 0 saturated heterocycles. The highest BCUT2D eigenvalue weighted by Gasteiger charge is 2.07. The van der Waals surface area contributed by atoms with E-state index in [2.05, 4.69) is 20.2 Å². The lowest BCUT2D eigenvalue weighted by atomic mass is 10.2. The third-order valence-electron chi connectivity index (χ3n) is 2.94. The van der Waals surface area contributed by atoms with Crippen molar-refractivity contribution in [3.63, 3.8) is 0 Å². The van der Waals surface area contributed by atoms with Gasteiger partial charge in [0.1, 0.15) is 12.1 Å². The quantitative estimate of drug-likeness (QED) is 0.715. The normalized spacial score (nSPS) is 11.5. The van der Waals surface area contributed by atoms with Crippen molar-refractivity contribution in [3.05, 3.63) is 46.1 Å². The van der Waals surface area contributed by atoms with E-state index in [1.54, 1.807) is 29.5 Å². The van der Waals surface area contributed by atoms with Crippen molar-refractivity contribution in [2.24, 2.45) is 10.2 Å². The molecule has 2 aromatic heterocycles. The molecule has 7 heteroatoms. The summed E-state index contributed by atoms with van der Waals surface area (Å²) >= 11 is 7.41. The Kier molecular flexibility index (Phi) is 3.81. The molecule has 0 saturated carbocycles. The predicted molar refractivity (Wildman–Crippen MR) is 83.5 cm³/mol. The molecule has 0 fully saturated rings. The summed E-state index contributed by atoms with van der Waals surface area (Å²) in [5.74, 6) is 0.631. The lowest BCUT2D eigenvalue weighted by molar-refractivity contribution is 0.475. The second-order valence-electron chi connectivity index (χ2n) is 4.48. The molecule has 2 heterocycles. The maximum Gasteiger partial charge on any atom is 0.195 e. The van der Waals surface area contributed by atoms with Gasteiger partial charge in [0.05, 0.1) is 21.8 Å². The molecule has 1 aromatic carbocycles. The Bertz CT molecular complexity index is 831. The van der Waals surface area contributed by atoms with Gasteiger partial charge in [-0.2, -0.15) is 5.11 Å². The molecule has 0 aliphatic heterocycles. The molecule has 21 heavy (non-hydrogen) atoms. The maximum absolute atomic E-state index is 9.37. The number of fused-ring (bicyclic) bond motifs is 1. The zero-order valence-corrected chi connectivity index (χ0v) is 12.7. The van der Waals surface area contributed by atoms with Gasteiger partial charge >= 0.3 is 0 Å². The number of thiophene rings is 1. The van der Waals surface area contributed by atoms with Gasteiger partial charge in [0.25, 0.3) is 0 Å². The van der Waals surface area contributed by atoms with Crippen LogP contribution in [-0.2, 0) is 6.54 Å². The highest BCUT2D eigenvalue weighted by molar-refractivity contribution is 7.17. The molecule has 3 rings (SSSR count). The van der Waals surface area contributed by atoms with E-state index in [1.807, 2.05) is 12.3 Å². The molecule has 0 unspecified atom stereocenters. The first kappa shape index (κ1) is 13.9. The molecular weight excluding hydrogens is 308 g/mol. The fraction of sp³-hybridized carbons (Fsp3) is 0.143. The number of halogens is 1. The molecule has 0 bridgehead atoms. The molecule has 1 N–H and O–H groups in total. The van der Waals surface area contributed by atoms with Gasteiger partial charge in [-0.25, -0.2) is 9.97 Å². The van der Waals surface area contributed by atoms with E-state index in [9.17, 15) is 5.11 Å². The Morgan fingerprint density at radius 2 is 2.19 bits per heavy atom. The Morgan fingerprint density at radius 3 is 3.00 bits per heavy atom. The Labute approximate surface area is 130 Å². The van der Waals surface area contributed by atoms with E-state index in [-0.39, 0.29) is 5.75 Å². The van der Waals surface area contributed by atoms with Crippen molar-refractivity contribution in [3.8, 4) is 5.75 Å². The van der Waals surface area contributed by atoms with Crippen LogP contribution in [0.4, 0.5) is 5.82 Å². The summed E-state index contributed by atoms with van der Waals surface area (Å²) in [4.78, 5) is 8.40. The van der Waals surface area contributed by atoms with Crippen LogP contribution in [0.1, 0.15) is 11.1 Å². The number of aryl methyl sites for hydroxylation is 1. The van der Waals surface area contributed by atoms with Crippen molar-refractivity contribution in [2.45, 2.75) is 13.5 Å². The molecule has 0 aliphatic carbocycles. The summed E-state index contributed by atoms with van der Waals surface area (Å²) in [7, 11) is 0. The number of azo groups is 1. The number of rotatable bonds is 3. The largest absolute Gasteiger partial charge is 0.506 e. The van der Waals surface area contributed by atoms with E-state index in [0.717, 1.165) is 21.3 Å². The minimum Gasteiger partial charge on any atom is -0.506 e. The molecule has 0 radical (unpaired) electrons. The minimum atomic E-state index is 0.0592. The first-order valence-corrected chi connectivity index (χ1v) is 7.44. The predicted octanol–water partition coefficient (Wildman–Crippen LogP) is 4.64. The number of nitrogens with zero attached hydrogens (tertiary/aromatic N) is 4. The van der Waals surface area contributed by atoms with Gasteiger partial charge in [-0.05, 0) is 35.6 Å². The third kappa shape index (κ3) is 2.86. The van der Waals surface area contributed by atoms with Gasteiger partial charge in [-0.1, -0.05) is 17.7 Å². The lowest BCUT2D eigenvalue weighted by Crippen LogP contribution is -1.82. The molecule has 0 spiro atoms. The number of phenolic OH excluding ortho intramolecular Hbond substituents is 1. The van der Waals surface area contributed by atoms with E-state index < -0.39 is 0 Å². The zero-order valence-electron chi connectivity index (χ0n) is 11.1. The van der Waals surface area contributed by atoms with Crippen LogP contribution in [-0.4, -0.2) is 15.1 Å². The van der Waals surface area contributed by atoms with Crippen LogP contribution in [0.5, 0.6) is 5.75 Å². The van der Waals surface area contributed by atoms with E-state index in [1.165, 1.54) is 6.33 Å². The monoisotopic (exact) mass is 318 g/mol. The van der Waals surface area contributed by atoms with E-state index in [0.29, 0.717) is 17.4 Å². The minimum absolute atomic E-state index is 0.0592. The van der Waals surface area contributed by atoms with Crippen LogP contribution >= 0.6 is 22.9 Å². The van der Waals surface area contributed by atoms with Gasteiger partial charge in [-0.3, -0.25) is 0 Å². The SMILES string of the molecule is Cc1csc2c(N=NCc3ccc(O)c(Cl)c3)ncnc12. The van der Waals surface area contributed by atoms with Crippen LogP contribution in [0, 0.1) is 6.92 Å². The number of hydrogen-bond donors (Lipinski definition) is 1. The van der Waals surface area contributed by atoms with Crippen molar-refractivity contribution >= 4 is 39.0 Å².